The van der Waals surface area contributed by atoms with Crippen LogP contribution in [0.5, 0.6) is 0 Å². The number of rotatable bonds is 5. The highest BCUT2D eigenvalue weighted by molar-refractivity contribution is 6.08. The lowest BCUT2D eigenvalue weighted by atomic mass is 9.49. The molecule has 1 heterocycles. The third-order valence-corrected chi connectivity index (χ3v) is 17.8. The number of anilines is 3. The van der Waals surface area contributed by atoms with Crippen LogP contribution in [0.1, 0.15) is 93.9 Å². The smallest absolute Gasteiger partial charge is 0.136 e. The van der Waals surface area contributed by atoms with Crippen LogP contribution in [0.3, 0.4) is 0 Å². The summed E-state index contributed by atoms with van der Waals surface area (Å²) < 4.78 is 20.7. The Morgan fingerprint density at radius 1 is 0.471 bits per heavy atom. The lowest BCUT2D eigenvalue weighted by molar-refractivity contribution is 0.0426. The van der Waals surface area contributed by atoms with Gasteiger partial charge < -0.3 is 9.32 Å². The van der Waals surface area contributed by atoms with Crippen molar-refractivity contribution in [2.75, 3.05) is 4.90 Å². The molecular formula is C65H56FNO. The average molecular weight is 886 g/mol. The first-order valence-corrected chi connectivity index (χ1v) is 25.5. The van der Waals surface area contributed by atoms with Crippen molar-refractivity contribution in [3.8, 4) is 44.5 Å². The number of furan rings is 1. The first-order valence-electron chi connectivity index (χ1n) is 25.5. The third kappa shape index (κ3) is 5.87. The van der Waals surface area contributed by atoms with E-state index >= 15 is 0 Å². The van der Waals surface area contributed by atoms with Crippen molar-refractivity contribution < 1.29 is 8.81 Å². The Balaban J connectivity index is 0.868. The molecule has 3 saturated carbocycles. The van der Waals surface area contributed by atoms with Crippen LogP contribution in [0, 0.1) is 29.5 Å². The summed E-state index contributed by atoms with van der Waals surface area (Å²) in [5.41, 5.74) is 21.4. The first kappa shape index (κ1) is 40.4. The first-order chi connectivity index (χ1) is 33.4. The molecule has 0 amide bonds. The molecule has 0 aliphatic heterocycles. The highest BCUT2D eigenvalue weighted by Gasteiger charge is 2.56. The minimum Gasteiger partial charge on any atom is -0.456 e. The van der Waals surface area contributed by atoms with E-state index in [9.17, 15) is 4.39 Å². The van der Waals surface area contributed by atoms with E-state index in [1.807, 2.05) is 12.1 Å². The second kappa shape index (κ2) is 15.1. The van der Waals surface area contributed by atoms with Gasteiger partial charge in [-0.15, -0.1) is 0 Å². The predicted molar refractivity (Wildman–Crippen MR) is 279 cm³/mol. The van der Waals surface area contributed by atoms with Gasteiger partial charge >= 0.3 is 0 Å². The lowest BCUT2D eigenvalue weighted by Gasteiger charge is -2.54. The van der Waals surface area contributed by atoms with Gasteiger partial charge in [0.2, 0.25) is 0 Å². The van der Waals surface area contributed by atoms with Crippen LogP contribution in [0.2, 0.25) is 0 Å². The van der Waals surface area contributed by atoms with E-state index in [0.717, 1.165) is 62.0 Å². The van der Waals surface area contributed by atoms with Gasteiger partial charge in [0.1, 0.15) is 17.0 Å². The fourth-order valence-corrected chi connectivity index (χ4v) is 15.2. The van der Waals surface area contributed by atoms with Crippen molar-refractivity contribution in [3.05, 3.63) is 198 Å². The van der Waals surface area contributed by atoms with Crippen molar-refractivity contribution in [1.29, 1.82) is 0 Å². The molecule has 9 aromatic rings. The highest BCUT2D eigenvalue weighted by atomic mass is 19.1. The summed E-state index contributed by atoms with van der Waals surface area (Å²) >= 11 is 0. The van der Waals surface area contributed by atoms with E-state index in [1.54, 1.807) is 11.1 Å². The maximum Gasteiger partial charge on any atom is 0.136 e. The summed E-state index contributed by atoms with van der Waals surface area (Å²) in [5.74, 6) is 2.74. The molecule has 14 rings (SSSR count). The van der Waals surface area contributed by atoms with E-state index < -0.39 is 0 Å². The van der Waals surface area contributed by atoms with Gasteiger partial charge in [0, 0.05) is 38.7 Å². The zero-order valence-corrected chi connectivity index (χ0v) is 39.1. The van der Waals surface area contributed by atoms with Gasteiger partial charge in [-0.25, -0.2) is 4.39 Å². The number of benzene rings is 8. The van der Waals surface area contributed by atoms with Gasteiger partial charge in [0.05, 0.1) is 0 Å². The minimum atomic E-state index is -0.225. The molecule has 1 unspecified atom stereocenters. The number of hydrogen-bond acceptors (Lipinski definition) is 2. The Morgan fingerprint density at radius 2 is 1.10 bits per heavy atom. The molecule has 334 valence electrons. The Kier molecular flexibility index (Phi) is 8.99. The number of fused-ring (bicyclic) bond motifs is 16. The Bertz CT molecular complexity index is 3460. The fraction of sp³-hybridized carbons (Fsp3) is 0.262. The second-order valence-corrected chi connectivity index (χ2v) is 21.5. The molecule has 1 aromatic heterocycles. The zero-order valence-electron chi connectivity index (χ0n) is 39.1. The molecule has 0 radical (unpaired) electrons. The topological polar surface area (TPSA) is 16.4 Å². The summed E-state index contributed by atoms with van der Waals surface area (Å²) in [6, 6.07) is 62.1. The van der Waals surface area contributed by atoms with Crippen LogP contribution in [-0.2, 0) is 10.8 Å². The minimum absolute atomic E-state index is 0.0381. The number of nitrogens with zero attached hydrogens (tertiary/aromatic N) is 1. The number of hydrogen-bond donors (Lipinski definition) is 0. The van der Waals surface area contributed by atoms with Gasteiger partial charge in [-0.2, -0.15) is 0 Å². The van der Waals surface area contributed by atoms with Crippen molar-refractivity contribution in [2.24, 2.45) is 23.7 Å². The average Bonchev–Trinajstić information content (AvgIpc) is 3.98. The maximum atomic E-state index is 13.9. The molecule has 3 fully saturated rings. The van der Waals surface area contributed by atoms with Crippen LogP contribution < -0.4 is 4.90 Å². The van der Waals surface area contributed by atoms with Crippen LogP contribution >= 0.6 is 0 Å². The molecule has 8 aromatic carbocycles. The van der Waals surface area contributed by atoms with Crippen molar-refractivity contribution >= 4 is 39.0 Å². The summed E-state index contributed by atoms with van der Waals surface area (Å²) in [4.78, 5) is 2.41. The van der Waals surface area contributed by atoms with Gasteiger partial charge in [0.15, 0.2) is 0 Å². The second-order valence-electron chi connectivity index (χ2n) is 21.5. The molecule has 0 N–H and O–H groups in total. The van der Waals surface area contributed by atoms with Crippen molar-refractivity contribution in [1.82, 2.24) is 0 Å². The SMILES string of the molecule is C[C@@H]1CC2C[C@@H](C1)[C@@]1(c3ccccc3-c3cc(-c4ccc5c(c4)oc4ccc(N(c6ccc(-c7ccc(F)cc7)cc6)c6ccc7c(c6)C6(CCCCC6)c6ccccc6-7)cc45)ccc31)[C@@H](C)C2. The molecular weight excluding hydrogens is 830 g/mol. The largest absolute Gasteiger partial charge is 0.456 e. The van der Waals surface area contributed by atoms with Crippen molar-refractivity contribution in [3.63, 3.8) is 0 Å². The monoisotopic (exact) mass is 885 g/mol. The highest BCUT2D eigenvalue weighted by Crippen LogP contribution is 2.65. The van der Waals surface area contributed by atoms with Crippen LogP contribution in [0.25, 0.3) is 66.4 Å². The Labute approximate surface area is 399 Å². The van der Waals surface area contributed by atoms with Crippen LogP contribution in [-0.4, -0.2) is 0 Å². The van der Waals surface area contributed by atoms with E-state index in [-0.39, 0.29) is 16.6 Å². The van der Waals surface area contributed by atoms with Crippen LogP contribution in [0.4, 0.5) is 21.5 Å². The van der Waals surface area contributed by atoms with E-state index in [0.29, 0.717) is 11.8 Å². The van der Waals surface area contributed by atoms with Gasteiger partial charge in [-0.1, -0.05) is 130 Å². The zero-order chi connectivity index (χ0) is 45.3. The molecule has 5 aliphatic carbocycles. The Morgan fingerprint density at radius 3 is 1.91 bits per heavy atom. The van der Waals surface area contributed by atoms with E-state index in [2.05, 4.69) is 164 Å². The molecule has 2 spiro atoms. The summed E-state index contributed by atoms with van der Waals surface area (Å²) in [6.07, 6.45) is 11.6. The molecule has 3 heteroatoms. The fourth-order valence-electron chi connectivity index (χ4n) is 15.2. The lowest BCUT2D eigenvalue weighted by Crippen LogP contribution is -2.49. The molecule has 0 saturated heterocycles. The molecule has 5 atom stereocenters. The standard InChI is InChI=1S/C65H56FNO/c1-40-32-42-34-41(2)65(47(33-40)35-42)59-13-7-5-11-53(59)56-36-45(19-28-60(56)65)46-18-26-55-57-38-50(25-29-62(57)68-63(55)37-46)67(49-22-16-44(17-23-49)43-14-20-48(66)21-15-43)51-24-27-54-52-10-4-6-12-58(52)64(61(54)39-51)30-8-3-9-31-64/h4-7,10-29,36-42,47H,3,8-9,30-35H2,1-2H3/t40-,41+,42?,47-,65-/m1/s1. The summed E-state index contributed by atoms with van der Waals surface area (Å²) in [6.45, 7) is 5.05. The predicted octanol–water partition coefficient (Wildman–Crippen LogP) is 18.1. The van der Waals surface area contributed by atoms with Gasteiger partial charge in [-0.3, -0.25) is 0 Å². The summed E-state index contributed by atoms with van der Waals surface area (Å²) in [5, 5.41) is 2.22. The number of halogens is 1. The van der Waals surface area contributed by atoms with E-state index in [4.69, 9.17) is 4.42 Å². The summed E-state index contributed by atoms with van der Waals surface area (Å²) in [7, 11) is 0. The Hall–Kier alpha value is -6.71. The molecule has 2 nitrogen and oxygen atoms in total. The normalized spacial score (nSPS) is 22.9. The molecule has 68 heavy (non-hydrogen) atoms. The maximum absolute atomic E-state index is 13.9. The van der Waals surface area contributed by atoms with Crippen LogP contribution in [0.15, 0.2) is 174 Å². The molecule has 2 bridgehead atoms. The third-order valence-electron chi connectivity index (χ3n) is 17.8. The van der Waals surface area contributed by atoms with E-state index in [1.165, 1.54) is 114 Å². The van der Waals surface area contributed by atoms with Gasteiger partial charge in [-0.05, 0) is 202 Å². The molecule has 5 aliphatic rings. The van der Waals surface area contributed by atoms with Crippen molar-refractivity contribution in [2.45, 2.75) is 82.5 Å². The van der Waals surface area contributed by atoms with Gasteiger partial charge in [0.25, 0.3) is 0 Å². The quantitative estimate of drug-likeness (QED) is 0.171.